The van der Waals surface area contributed by atoms with Crippen LogP contribution in [0.5, 0.6) is 0 Å². The number of nitrogen functional groups attached to an aromatic ring is 1. The molecular formula is C16H23FN2O2. The third kappa shape index (κ3) is 4.70. The number of carbonyl (C=O) groups excluding carboxylic acids is 1. The van der Waals surface area contributed by atoms with Gasteiger partial charge in [-0.05, 0) is 37.0 Å². The van der Waals surface area contributed by atoms with Gasteiger partial charge >= 0.3 is 0 Å². The Bertz CT molecular complexity index is 493. The molecule has 2 unspecified atom stereocenters. The number of rotatable bonds is 5. The van der Waals surface area contributed by atoms with Crippen LogP contribution in [-0.4, -0.2) is 18.6 Å². The Labute approximate surface area is 124 Å². The first-order valence-corrected chi connectivity index (χ1v) is 7.52. The highest BCUT2D eigenvalue weighted by Gasteiger charge is 2.21. The summed E-state index contributed by atoms with van der Waals surface area (Å²) in [5.74, 6) is -0.199. The van der Waals surface area contributed by atoms with Crippen molar-refractivity contribution in [3.05, 3.63) is 24.0 Å². The summed E-state index contributed by atoms with van der Waals surface area (Å²) >= 11 is 0. The van der Waals surface area contributed by atoms with Crippen molar-refractivity contribution in [2.45, 2.75) is 45.1 Å². The van der Waals surface area contributed by atoms with Crippen LogP contribution in [0.2, 0.25) is 0 Å². The third-order valence-electron chi connectivity index (χ3n) is 3.96. The molecule has 1 aromatic carbocycles. The van der Waals surface area contributed by atoms with E-state index in [1.54, 1.807) is 0 Å². The highest BCUT2D eigenvalue weighted by molar-refractivity contribution is 5.91. The fourth-order valence-corrected chi connectivity index (χ4v) is 2.68. The van der Waals surface area contributed by atoms with Gasteiger partial charge in [0.25, 0.3) is 0 Å². The number of hydrogen-bond acceptors (Lipinski definition) is 3. The highest BCUT2D eigenvalue weighted by Crippen LogP contribution is 2.26. The zero-order valence-corrected chi connectivity index (χ0v) is 12.4. The van der Waals surface area contributed by atoms with E-state index < -0.39 is 5.82 Å². The predicted molar refractivity (Wildman–Crippen MR) is 81.4 cm³/mol. The topological polar surface area (TPSA) is 64.3 Å². The van der Waals surface area contributed by atoms with Crippen LogP contribution >= 0.6 is 0 Å². The van der Waals surface area contributed by atoms with Gasteiger partial charge < -0.3 is 15.8 Å². The Hall–Kier alpha value is -1.62. The van der Waals surface area contributed by atoms with Crippen molar-refractivity contribution >= 4 is 17.3 Å². The maximum atomic E-state index is 13.5. The summed E-state index contributed by atoms with van der Waals surface area (Å²) in [6.45, 7) is 2.55. The Morgan fingerprint density at radius 3 is 2.95 bits per heavy atom. The van der Waals surface area contributed by atoms with Crippen LogP contribution in [0.1, 0.15) is 39.0 Å². The number of anilines is 2. The molecule has 1 fully saturated rings. The Kier molecular flexibility index (Phi) is 5.56. The van der Waals surface area contributed by atoms with Crippen LogP contribution in [0.4, 0.5) is 15.8 Å². The summed E-state index contributed by atoms with van der Waals surface area (Å²) in [7, 11) is 0. The molecule has 1 saturated carbocycles. The molecule has 5 heteroatoms. The van der Waals surface area contributed by atoms with Gasteiger partial charge in [0.1, 0.15) is 5.82 Å². The monoisotopic (exact) mass is 294 g/mol. The van der Waals surface area contributed by atoms with Crippen molar-refractivity contribution in [3.8, 4) is 0 Å². The standard InChI is InChI=1S/C16H23FN2O2/c1-11-4-2-3-5-15(11)21-9-8-16(20)19-14-10-12(18)6-7-13(14)17/h6-7,10-11,15H,2-5,8-9,18H2,1H3,(H,19,20). The van der Waals surface area contributed by atoms with E-state index in [0.717, 1.165) is 6.42 Å². The number of nitrogens with one attached hydrogen (secondary N) is 1. The van der Waals surface area contributed by atoms with Crippen LogP contribution in [0.25, 0.3) is 0 Å². The number of halogens is 1. The fourth-order valence-electron chi connectivity index (χ4n) is 2.68. The van der Waals surface area contributed by atoms with Crippen molar-refractivity contribution in [1.82, 2.24) is 0 Å². The summed E-state index contributed by atoms with van der Waals surface area (Å²) in [4.78, 5) is 11.8. The SMILES string of the molecule is CC1CCCCC1OCCC(=O)Nc1cc(N)ccc1F. The summed E-state index contributed by atoms with van der Waals surface area (Å²) < 4.78 is 19.3. The Balaban J connectivity index is 1.75. The first kappa shape index (κ1) is 15.8. The summed E-state index contributed by atoms with van der Waals surface area (Å²) in [5.41, 5.74) is 6.11. The number of carbonyl (C=O) groups is 1. The van der Waals surface area contributed by atoms with Gasteiger partial charge in [-0.25, -0.2) is 4.39 Å². The van der Waals surface area contributed by atoms with E-state index in [-0.39, 0.29) is 24.1 Å². The summed E-state index contributed by atoms with van der Waals surface area (Å²) in [6, 6.07) is 4.11. The second-order valence-electron chi connectivity index (χ2n) is 5.71. The number of benzene rings is 1. The molecule has 116 valence electrons. The highest BCUT2D eigenvalue weighted by atomic mass is 19.1. The zero-order valence-electron chi connectivity index (χ0n) is 12.4. The van der Waals surface area contributed by atoms with Crippen molar-refractivity contribution in [2.75, 3.05) is 17.7 Å². The van der Waals surface area contributed by atoms with E-state index >= 15 is 0 Å². The molecule has 2 atom stereocenters. The molecular weight excluding hydrogens is 271 g/mol. The van der Waals surface area contributed by atoms with Crippen LogP contribution in [0.3, 0.4) is 0 Å². The smallest absolute Gasteiger partial charge is 0.226 e. The van der Waals surface area contributed by atoms with Crippen molar-refractivity contribution in [3.63, 3.8) is 0 Å². The molecule has 0 heterocycles. The second-order valence-corrected chi connectivity index (χ2v) is 5.71. The summed E-state index contributed by atoms with van der Waals surface area (Å²) in [5, 5.41) is 2.53. The summed E-state index contributed by atoms with van der Waals surface area (Å²) in [6.07, 6.45) is 5.16. The average molecular weight is 294 g/mol. The van der Waals surface area contributed by atoms with Gasteiger partial charge in [-0.15, -0.1) is 0 Å². The molecule has 2 rings (SSSR count). The van der Waals surface area contributed by atoms with Gasteiger partial charge in [-0.1, -0.05) is 19.8 Å². The minimum absolute atomic E-state index is 0.117. The minimum Gasteiger partial charge on any atom is -0.399 e. The molecule has 4 nitrogen and oxygen atoms in total. The van der Waals surface area contributed by atoms with Crippen molar-refractivity contribution in [1.29, 1.82) is 0 Å². The van der Waals surface area contributed by atoms with Crippen LogP contribution in [0.15, 0.2) is 18.2 Å². The molecule has 0 saturated heterocycles. The van der Waals surface area contributed by atoms with E-state index in [1.165, 1.54) is 37.5 Å². The van der Waals surface area contributed by atoms with Crippen LogP contribution in [-0.2, 0) is 9.53 Å². The van der Waals surface area contributed by atoms with Crippen molar-refractivity contribution < 1.29 is 13.9 Å². The van der Waals surface area contributed by atoms with Crippen LogP contribution in [0, 0.1) is 11.7 Å². The first-order valence-electron chi connectivity index (χ1n) is 7.52. The van der Waals surface area contributed by atoms with Crippen molar-refractivity contribution in [2.24, 2.45) is 5.92 Å². The molecule has 0 radical (unpaired) electrons. The average Bonchev–Trinajstić information content (AvgIpc) is 2.45. The molecule has 0 spiro atoms. The van der Waals surface area contributed by atoms with E-state index in [1.807, 2.05) is 0 Å². The maximum Gasteiger partial charge on any atom is 0.226 e. The lowest BCUT2D eigenvalue weighted by atomic mass is 9.88. The molecule has 1 aromatic rings. The molecule has 0 bridgehead atoms. The van der Waals surface area contributed by atoms with Crippen LogP contribution < -0.4 is 11.1 Å². The maximum absolute atomic E-state index is 13.5. The molecule has 21 heavy (non-hydrogen) atoms. The Morgan fingerprint density at radius 2 is 2.19 bits per heavy atom. The quantitative estimate of drug-likeness (QED) is 0.819. The lowest BCUT2D eigenvalue weighted by Gasteiger charge is -2.28. The molecule has 1 aliphatic rings. The number of nitrogens with two attached hydrogens (primary N) is 1. The predicted octanol–water partition coefficient (Wildman–Crippen LogP) is 3.33. The molecule has 1 aliphatic carbocycles. The van der Waals surface area contributed by atoms with E-state index in [2.05, 4.69) is 12.2 Å². The van der Waals surface area contributed by atoms with E-state index in [0.29, 0.717) is 18.2 Å². The fraction of sp³-hybridized carbons (Fsp3) is 0.562. The van der Waals surface area contributed by atoms with Gasteiger partial charge in [-0.3, -0.25) is 4.79 Å². The lowest BCUT2D eigenvalue weighted by Crippen LogP contribution is -2.27. The van der Waals surface area contributed by atoms with Gasteiger partial charge in [0.2, 0.25) is 5.91 Å². The number of ether oxygens (including phenoxy) is 1. The van der Waals surface area contributed by atoms with Gasteiger partial charge in [0.05, 0.1) is 24.8 Å². The number of amides is 1. The number of hydrogen-bond donors (Lipinski definition) is 2. The molecule has 1 amide bonds. The first-order chi connectivity index (χ1) is 10.1. The Morgan fingerprint density at radius 1 is 1.43 bits per heavy atom. The second kappa shape index (κ2) is 7.41. The van der Waals surface area contributed by atoms with E-state index in [9.17, 15) is 9.18 Å². The normalized spacial score (nSPS) is 22.0. The molecule has 3 N–H and O–H groups in total. The lowest BCUT2D eigenvalue weighted by molar-refractivity contribution is -0.118. The zero-order chi connectivity index (χ0) is 15.2. The molecule has 0 aromatic heterocycles. The van der Waals surface area contributed by atoms with E-state index in [4.69, 9.17) is 10.5 Å². The third-order valence-corrected chi connectivity index (χ3v) is 3.96. The van der Waals surface area contributed by atoms with Gasteiger partial charge in [0, 0.05) is 5.69 Å². The minimum atomic E-state index is -0.487. The van der Waals surface area contributed by atoms with Gasteiger partial charge in [0.15, 0.2) is 0 Å². The van der Waals surface area contributed by atoms with Gasteiger partial charge in [-0.2, -0.15) is 0 Å². The largest absolute Gasteiger partial charge is 0.399 e. The molecule has 0 aliphatic heterocycles.